The summed E-state index contributed by atoms with van der Waals surface area (Å²) in [5, 5.41) is 9.99. The van der Waals surface area contributed by atoms with Gasteiger partial charge in [0.25, 0.3) is 5.56 Å². The first-order valence-electron chi connectivity index (χ1n) is 7.91. The van der Waals surface area contributed by atoms with Crippen molar-refractivity contribution in [3.63, 3.8) is 0 Å². The highest BCUT2D eigenvalue weighted by Gasteiger charge is 2.20. The number of carbonyl (C=O) groups excluding carboxylic acids is 1. The number of carbonyl (C=O) groups is 1. The van der Waals surface area contributed by atoms with Gasteiger partial charge in [-0.25, -0.2) is 0 Å². The molecule has 1 amide bonds. The van der Waals surface area contributed by atoms with Gasteiger partial charge in [0.2, 0.25) is 5.91 Å². The molecule has 7 heteroatoms. The van der Waals surface area contributed by atoms with E-state index in [1.165, 1.54) is 11.3 Å². The van der Waals surface area contributed by atoms with Crippen LogP contribution in [0, 0.1) is 5.92 Å². The number of aromatic amines is 1. The van der Waals surface area contributed by atoms with Crippen molar-refractivity contribution < 1.29 is 4.79 Å². The number of hydrogen-bond acceptors (Lipinski definition) is 5. The van der Waals surface area contributed by atoms with E-state index in [0.29, 0.717) is 30.3 Å². The Hall–Kier alpha value is -2.02. The van der Waals surface area contributed by atoms with E-state index in [1.54, 1.807) is 0 Å². The number of nitrogens with zero attached hydrogens (tertiary/aromatic N) is 3. The number of aromatic nitrogens is 3. The summed E-state index contributed by atoms with van der Waals surface area (Å²) in [6.07, 6.45) is 2.76. The number of hydrogen-bond donors (Lipinski definition) is 1. The maximum Gasteiger partial charge on any atom is 0.273 e. The monoisotopic (exact) mass is 332 g/mol. The summed E-state index contributed by atoms with van der Waals surface area (Å²) in [6.45, 7) is 3.85. The molecule has 2 aromatic heterocycles. The lowest BCUT2D eigenvalue weighted by atomic mass is 9.99. The maximum absolute atomic E-state index is 12.2. The van der Waals surface area contributed by atoms with Crippen LogP contribution in [0.25, 0.3) is 10.7 Å². The van der Waals surface area contributed by atoms with E-state index >= 15 is 0 Å². The van der Waals surface area contributed by atoms with Gasteiger partial charge in [-0.1, -0.05) is 13.0 Å². The fourth-order valence-corrected chi connectivity index (χ4v) is 3.35. The van der Waals surface area contributed by atoms with E-state index in [9.17, 15) is 9.59 Å². The minimum absolute atomic E-state index is 0.0976. The van der Waals surface area contributed by atoms with Gasteiger partial charge in [-0.2, -0.15) is 0 Å². The number of thiophene rings is 1. The van der Waals surface area contributed by atoms with Crippen molar-refractivity contribution in [2.24, 2.45) is 5.92 Å². The average molecular weight is 332 g/mol. The van der Waals surface area contributed by atoms with Crippen molar-refractivity contribution in [2.45, 2.75) is 32.6 Å². The lowest BCUT2D eigenvalue weighted by Gasteiger charge is -2.30. The van der Waals surface area contributed by atoms with Crippen LogP contribution in [-0.4, -0.2) is 39.1 Å². The topological polar surface area (TPSA) is 79.0 Å². The molecule has 0 radical (unpaired) electrons. The van der Waals surface area contributed by atoms with Crippen LogP contribution in [0.1, 0.15) is 31.9 Å². The van der Waals surface area contributed by atoms with E-state index < -0.39 is 0 Å². The Morgan fingerprint density at radius 2 is 2.17 bits per heavy atom. The zero-order valence-corrected chi connectivity index (χ0v) is 13.9. The van der Waals surface area contributed by atoms with Gasteiger partial charge in [-0.15, -0.1) is 21.5 Å². The molecular formula is C16H20N4O2S. The first-order valence-corrected chi connectivity index (χ1v) is 8.79. The molecule has 1 fully saturated rings. The molecule has 0 saturated carbocycles. The zero-order valence-electron chi connectivity index (χ0n) is 13.1. The van der Waals surface area contributed by atoms with Crippen molar-refractivity contribution >= 4 is 17.2 Å². The van der Waals surface area contributed by atoms with Crippen LogP contribution < -0.4 is 5.56 Å². The van der Waals surface area contributed by atoms with Crippen molar-refractivity contribution in [2.75, 3.05) is 13.1 Å². The fourth-order valence-electron chi connectivity index (χ4n) is 2.69. The first kappa shape index (κ1) is 15.9. The third kappa shape index (κ3) is 3.85. The second-order valence-electron chi connectivity index (χ2n) is 5.99. The third-order valence-corrected chi connectivity index (χ3v) is 5.11. The van der Waals surface area contributed by atoms with Crippen molar-refractivity contribution in [1.29, 1.82) is 0 Å². The second kappa shape index (κ2) is 7.04. The number of amides is 1. The summed E-state index contributed by atoms with van der Waals surface area (Å²) in [5.74, 6) is 1.27. The molecule has 3 heterocycles. The van der Waals surface area contributed by atoms with Crippen molar-refractivity contribution in [1.82, 2.24) is 20.1 Å². The van der Waals surface area contributed by atoms with Crippen LogP contribution in [-0.2, 0) is 11.2 Å². The fraction of sp³-hybridized carbons (Fsp3) is 0.500. The highest BCUT2D eigenvalue weighted by molar-refractivity contribution is 7.13. The number of aryl methyl sites for hydroxylation is 1. The molecular weight excluding hydrogens is 312 g/mol. The highest BCUT2D eigenvalue weighted by Crippen LogP contribution is 2.19. The van der Waals surface area contributed by atoms with E-state index in [0.717, 1.165) is 30.8 Å². The Bertz CT molecular complexity index is 718. The molecule has 0 spiro atoms. The first-order chi connectivity index (χ1) is 11.1. The molecule has 0 atom stereocenters. The van der Waals surface area contributed by atoms with E-state index in [-0.39, 0.29) is 11.5 Å². The Kier molecular flexibility index (Phi) is 4.85. The van der Waals surface area contributed by atoms with Crippen molar-refractivity contribution in [3.05, 3.63) is 33.6 Å². The SMILES string of the molecule is CC1CCN(C(=O)CCc2nnc(-c3cccs3)[nH]c2=O)CC1. The zero-order chi connectivity index (χ0) is 16.2. The summed E-state index contributed by atoms with van der Waals surface area (Å²) in [7, 11) is 0. The standard InChI is InChI=1S/C16H20N4O2S/c1-11-6-8-20(9-7-11)14(21)5-4-12-16(22)17-15(19-18-12)13-3-2-10-23-13/h2-3,10-11H,4-9H2,1H3,(H,17,19,22). The molecule has 1 aliphatic rings. The summed E-state index contributed by atoms with van der Waals surface area (Å²) in [6, 6.07) is 3.78. The number of H-pyrrole nitrogens is 1. The number of piperidine rings is 1. The normalized spacial score (nSPS) is 15.8. The Morgan fingerprint density at radius 1 is 1.39 bits per heavy atom. The summed E-state index contributed by atoms with van der Waals surface area (Å²) in [4.78, 5) is 29.8. The number of rotatable bonds is 4. The van der Waals surface area contributed by atoms with Gasteiger partial charge < -0.3 is 9.88 Å². The van der Waals surface area contributed by atoms with Crippen molar-refractivity contribution in [3.8, 4) is 10.7 Å². The van der Waals surface area contributed by atoms with Crippen LogP contribution in [0.5, 0.6) is 0 Å². The molecule has 0 bridgehead atoms. The maximum atomic E-state index is 12.2. The van der Waals surface area contributed by atoms with Gasteiger partial charge in [0, 0.05) is 25.9 Å². The van der Waals surface area contributed by atoms with E-state index in [2.05, 4.69) is 22.1 Å². The molecule has 1 aliphatic heterocycles. The molecule has 0 aromatic carbocycles. The van der Waals surface area contributed by atoms with Crippen LogP contribution >= 0.6 is 11.3 Å². The molecule has 1 N–H and O–H groups in total. The molecule has 23 heavy (non-hydrogen) atoms. The Morgan fingerprint density at radius 3 is 2.83 bits per heavy atom. The van der Waals surface area contributed by atoms with E-state index in [1.807, 2.05) is 22.4 Å². The Labute approximate surface area is 138 Å². The van der Waals surface area contributed by atoms with Gasteiger partial charge in [0.15, 0.2) is 5.82 Å². The number of nitrogens with one attached hydrogen (secondary N) is 1. The minimum Gasteiger partial charge on any atom is -0.343 e. The predicted molar refractivity (Wildman–Crippen MR) is 89.3 cm³/mol. The molecule has 1 saturated heterocycles. The molecule has 2 aromatic rings. The largest absolute Gasteiger partial charge is 0.343 e. The third-order valence-electron chi connectivity index (χ3n) is 4.23. The predicted octanol–water partition coefficient (Wildman–Crippen LogP) is 2.08. The van der Waals surface area contributed by atoms with E-state index in [4.69, 9.17) is 0 Å². The van der Waals surface area contributed by atoms with Gasteiger partial charge in [-0.3, -0.25) is 9.59 Å². The average Bonchev–Trinajstić information content (AvgIpc) is 3.08. The smallest absolute Gasteiger partial charge is 0.273 e. The van der Waals surface area contributed by atoms with Gasteiger partial charge in [-0.05, 0) is 30.2 Å². The quantitative estimate of drug-likeness (QED) is 0.930. The summed E-state index contributed by atoms with van der Waals surface area (Å²) >= 11 is 1.49. The van der Waals surface area contributed by atoms with Crippen LogP contribution in [0.3, 0.4) is 0 Å². The summed E-state index contributed by atoms with van der Waals surface area (Å²) in [5.41, 5.74) is 0.0625. The highest BCUT2D eigenvalue weighted by atomic mass is 32.1. The van der Waals surface area contributed by atoms with Crippen LogP contribution in [0.15, 0.2) is 22.3 Å². The summed E-state index contributed by atoms with van der Waals surface area (Å²) < 4.78 is 0. The number of likely N-dealkylation sites (tertiary alicyclic amines) is 1. The molecule has 122 valence electrons. The minimum atomic E-state index is -0.261. The lowest BCUT2D eigenvalue weighted by Crippen LogP contribution is -2.38. The second-order valence-corrected chi connectivity index (χ2v) is 6.94. The molecule has 0 unspecified atom stereocenters. The molecule has 3 rings (SSSR count). The van der Waals surface area contributed by atoms with Crippen LogP contribution in [0.2, 0.25) is 0 Å². The molecule has 0 aliphatic carbocycles. The Balaban J connectivity index is 1.60. The van der Waals surface area contributed by atoms with Gasteiger partial charge in [0.05, 0.1) is 4.88 Å². The van der Waals surface area contributed by atoms with Gasteiger partial charge >= 0.3 is 0 Å². The van der Waals surface area contributed by atoms with Gasteiger partial charge in [0.1, 0.15) is 5.69 Å². The van der Waals surface area contributed by atoms with Crippen LogP contribution in [0.4, 0.5) is 0 Å². The lowest BCUT2D eigenvalue weighted by molar-refractivity contribution is -0.132. The molecule has 6 nitrogen and oxygen atoms in total.